The van der Waals surface area contributed by atoms with E-state index in [4.69, 9.17) is 11.6 Å². The molecule has 0 aromatic heterocycles. The second-order valence-electron chi connectivity index (χ2n) is 0.939. The first-order valence-corrected chi connectivity index (χ1v) is 2.56. The molecule has 0 aliphatic carbocycles. The number of carbonyl (C=O) groups is 1. The van der Waals surface area contributed by atoms with E-state index in [2.05, 4.69) is 4.74 Å². The van der Waals surface area contributed by atoms with Crippen molar-refractivity contribution in [2.75, 3.05) is 12.5 Å². The molecule has 0 rings (SSSR count). The zero-order valence-electron chi connectivity index (χ0n) is 5.11. The summed E-state index contributed by atoms with van der Waals surface area (Å²) in [4.78, 5) is 10.1. The van der Waals surface area contributed by atoms with Crippen LogP contribution in [0, 0.1) is 0 Å². The van der Waals surface area contributed by atoms with Crippen LogP contribution in [0.4, 0.5) is 0 Å². The SMILES string of the molecule is CCOC(=O)CCl.[Li]. The number of rotatable bonds is 2. The molecule has 0 saturated heterocycles. The maximum Gasteiger partial charge on any atom is 0.320 e. The van der Waals surface area contributed by atoms with Gasteiger partial charge in [-0.1, -0.05) is 0 Å². The quantitative estimate of drug-likeness (QED) is 0.307. The molecular weight excluding hydrogens is 122 g/mol. The molecule has 0 aromatic carbocycles. The van der Waals surface area contributed by atoms with Crippen molar-refractivity contribution in [3.8, 4) is 0 Å². The number of ether oxygens (including phenoxy) is 1. The zero-order chi connectivity index (χ0) is 5.70. The number of alkyl halides is 1. The van der Waals surface area contributed by atoms with Gasteiger partial charge in [0.05, 0.1) is 6.61 Å². The average molecular weight is 129 g/mol. The molecule has 0 spiro atoms. The van der Waals surface area contributed by atoms with Crippen LogP contribution >= 0.6 is 11.6 Å². The normalized spacial score (nSPS) is 7.25. The van der Waals surface area contributed by atoms with Crippen LogP contribution < -0.4 is 0 Å². The fourth-order valence-corrected chi connectivity index (χ4v) is 0.277. The van der Waals surface area contributed by atoms with Crippen LogP contribution in [0.1, 0.15) is 6.92 Å². The Hall–Kier alpha value is 0.357. The van der Waals surface area contributed by atoms with Gasteiger partial charge in [0.1, 0.15) is 5.88 Å². The Kier molecular flexibility index (Phi) is 10.3. The van der Waals surface area contributed by atoms with Crippen molar-refractivity contribution < 1.29 is 9.53 Å². The second kappa shape index (κ2) is 7.36. The van der Waals surface area contributed by atoms with Crippen molar-refractivity contribution >= 4 is 36.4 Å². The molecule has 0 aromatic rings. The predicted molar refractivity (Wildman–Crippen MR) is 33.1 cm³/mol. The van der Waals surface area contributed by atoms with E-state index in [9.17, 15) is 4.79 Å². The number of carbonyl (C=O) groups excluding carboxylic acids is 1. The van der Waals surface area contributed by atoms with E-state index in [0.717, 1.165) is 0 Å². The van der Waals surface area contributed by atoms with Gasteiger partial charge in [-0.25, -0.2) is 0 Å². The van der Waals surface area contributed by atoms with E-state index in [-0.39, 0.29) is 30.7 Å². The summed E-state index contributed by atoms with van der Waals surface area (Å²) in [5.41, 5.74) is 0. The minimum Gasteiger partial charge on any atom is -0.465 e. The molecule has 0 N–H and O–H groups in total. The van der Waals surface area contributed by atoms with Gasteiger partial charge in [-0.15, -0.1) is 11.6 Å². The maximum atomic E-state index is 10.1. The molecule has 0 saturated carbocycles. The maximum absolute atomic E-state index is 10.1. The van der Waals surface area contributed by atoms with Crippen molar-refractivity contribution in [2.45, 2.75) is 6.92 Å². The molecule has 0 heterocycles. The molecule has 0 aliphatic rings. The van der Waals surface area contributed by atoms with E-state index in [0.29, 0.717) is 6.61 Å². The van der Waals surface area contributed by atoms with Gasteiger partial charge >= 0.3 is 5.97 Å². The smallest absolute Gasteiger partial charge is 0.320 e. The van der Waals surface area contributed by atoms with Gasteiger partial charge in [0.15, 0.2) is 0 Å². The van der Waals surface area contributed by atoms with Gasteiger partial charge in [0.25, 0.3) is 0 Å². The average Bonchev–Trinajstić information content (AvgIpc) is 1.68. The van der Waals surface area contributed by atoms with Gasteiger partial charge in [-0.05, 0) is 6.92 Å². The first-order valence-electron chi connectivity index (χ1n) is 2.02. The Balaban J connectivity index is 0. The third-order valence-corrected chi connectivity index (χ3v) is 0.633. The van der Waals surface area contributed by atoms with Crippen molar-refractivity contribution in [2.24, 2.45) is 0 Å². The Morgan fingerprint density at radius 1 is 1.75 bits per heavy atom. The standard InChI is InChI=1S/C4H7ClO2.Li/c1-2-7-4(6)3-5;/h2-3H2,1H3;. The van der Waals surface area contributed by atoms with Gasteiger partial charge in [0.2, 0.25) is 0 Å². The van der Waals surface area contributed by atoms with Crippen molar-refractivity contribution in [3.63, 3.8) is 0 Å². The summed E-state index contributed by atoms with van der Waals surface area (Å²) in [5.74, 6) is -0.405. The van der Waals surface area contributed by atoms with Gasteiger partial charge in [-0.2, -0.15) is 0 Å². The largest absolute Gasteiger partial charge is 0.465 e. The Labute approximate surface area is 65.7 Å². The third kappa shape index (κ3) is 6.36. The van der Waals surface area contributed by atoms with Crippen LogP contribution in [0.25, 0.3) is 0 Å². The van der Waals surface area contributed by atoms with Crippen LogP contribution in [0.2, 0.25) is 0 Å². The van der Waals surface area contributed by atoms with Crippen molar-refractivity contribution in [1.82, 2.24) is 0 Å². The Bertz CT molecular complexity index is 67.1. The van der Waals surface area contributed by atoms with Crippen LogP contribution in [0.15, 0.2) is 0 Å². The van der Waals surface area contributed by atoms with E-state index in [1.807, 2.05) is 0 Å². The Morgan fingerprint density at radius 3 is 2.38 bits per heavy atom. The molecule has 0 atom stereocenters. The molecule has 0 unspecified atom stereocenters. The zero-order valence-corrected chi connectivity index (χ0v) is 5.86. The first kappa shape index (κ1) is 11.2. The molecule has 4 heteroatoms. The van der Waals surface area contributed by atoms with Gasteiger partial charge in [0, 0.05) is 18.9 Å². The molecule has 2 nitrogen and oxygen atoms in total. The van der Waals surface area contributed by atoms with E-state index in [1.54, 1.807) is 6.92 Å². The molecule has 1 radical (unpaired) electrons. The number of esters is 1. The molecule has 43 valence electrons. The summed E-state index contributed by atoms with van der Waals surface area (Å²) < 4.78 is 4.42. The summed E-state index contributed by atoms with van der Waals surface area (Å²) in [5, 5.41) is 0. The number of hydrogen-bond acceptors (Lipinski definition) is 2. The summed E-state index contributed by atoms with van der Waals surface area (Å²) in [6.45, 7) is 2.15. The topological polar surface area (TPSA) is 26.3 Å². The molecule has 0 aliphatic heterocycles. The summed E-state index contributed by atoms with van der Waals surface area (Å²) in [6.07, 6.45) is 0. The summed E-state index contributed by atoms with van der Waals surface area (Å²) >= 11 is 5.06. The minimum atomic E-state index is -0.357. The molecule has 0 amide bonds. The summed E-state index contributed by atoms with van der Waals surface area (Å²) in [7, 11) is 0. The number of halogens is 1. The molecule has 0 fully saturated rings. The number of hydrogen-bond donors (Lipinski definition) is 0. The van der Waals surface area contributed by atoms with Crippen molar-refractivity contribution in [3.05, 3.63) is 0 Å². The summed E-state index contributed by atoms with van der Waals surface area (Å²) in [6, 6.07) is 0. The van der Waals surface area contributed by atoms with E-state index < -0.39 is 0 Å². The van der Waals surface area contributed by atoms with Gasteiger partial charge in [-0.3, -0.25) is 4.79 Å². The van der Waals surface area contributed by atoms with E-state index >= 15 is 0 Å². The second-order valence-corrected chi connectivity index (χ2v) is 1.21. The predicted octanol–water partition coefficient (Wildman–Crippen LogP) is 0.407. The van der Waals surface area contributed by atoms with Crippen molar-refractivity contribution in [1.29, 1.82) is 0 Å². The monoisotopic (exact) mass is 129 g/mol. The molecular formula is C4H7ClLiO2. The fraction of sp³-hybridized carbons (Fsp3) is 0.750. The minimum absolute atomic E-state index is 0. The van der Waals surface area contributed by atoms with Crippen LogP contribution in [0.5, 0.6) is 0 Å². The molecule has 8 heavy (non-hydrogen) atoms. The van der Waals surface area contributed by atoms with E-state index in [1.165, 1.54) is 0 Å². The fourth-order valence-electron chi connectivity index (χ4n) is 0.200. The first-order chi connectivity index (χ1) is 3.31. The van der Waals surface area contributed by atoms with Crippen LogP contribution in [-0.2, 0) is 9.53 Å². The Morgan fingerprint density at radius 2 is 2.25 bits per heavy atom. The van der Waals surface area contributed by atoms with Crippen LogP contribution in [-0.4, -0.2) is 37.3 Å². The molecule has 0 bridgehead atoms. The van der Waals surface area contributed by atoms with Crippen LogP contribution in [0.3, 0.4) is 0 Å². The third-order valence-electron chi connectivity index (χ3n) is 0.414. The van der Waals surface area contributed by atoms with Gasteiger partial charge < -0.3 is 4.74 Å².